The average Bonchev–Trinajstić information content (AvgIpc) is 2.25. The summed E-state index contributed by atoms with van der Waals surface area (Å²) >= 11 is 0. The van der Waals surface area contributed by atoms with E-state index in [2.05, 4.69) is 0 Å². The Labute approximate surface area is 105 Å². The quantitative estimate of drug-likeness (QED) is 0.829. The van der Waals surface area contributed by atoms with Gasteiger partial charge in [0.25, 0.3) is 0 Å². The Morgan fingerprint density at radius 2 is 1.32 bits per heavy atom. The normalized spacial score (nSPS) is 16.5. The minimum absolute atomic E-state index is 0.0522. The third kappa shape index (κ3) is 2.70. The first-order chi connectivity index (χ1) is 8.41. The Kier molecular flexibility index (Phi) is 3.91. The van der Waals surface area contributed by atoms with Gasteiger partial charge >= 0.3 is 18.0 Å². The summed E-state index contributed by atoms with van der Waals surface area (Å²) in [5.41, 5.74) is -5.90. The molecule has 7 heteroatoms. The lowest BCUT2D eigenvalue weighted by Crippen LogP contribution is -2.52. The number of benzene rings is 1. The molecule has 0 heterocycles. The zero-order valence-corrected chi connectivity index (χ0v) is 10.1. The molecule has 0 aliphatic heterocycles. The summed E-state index contributed by atoms with van der Waals surface area (Å²) in [7, 11) is 0. The predicted molar refractivity (Wildman–Crippen MR) is 56.5 cm³/mol. The molecule has 0 aliphatic rings. The third-order valence-corrected chi connectivity index (χ3v) is 2.78. The Morgan fingerprint density at radius 1 is 0.895 bits per heavy atom. The fourth-order valence-electron chi connectivity index (χ4n) is 1.61. The van der Waals surface area contributed by atoms with E-state index in [9.17, 15) is 26.3 Å². The van der Waals surface area contributed by atoms with Gasteiger partial charge in [-0.25, -0.2) is 4.39 Å². The SMILES string of the molecule is CC(C)c1ccc(C(F)(C(O)(F)F)C(F)(F)F)cc1. The van der Waals surface area contributed by atoms with E-state index in [4.69, 9.17) is 5.11 Å². The summed E-state index contributed by atoms with van der Waals surface area (Å²) in [5.74, 6) is -0.0522. The first-order valence-corrected chi connectivity index (χ1v) is 5.37. The lowest BCUT2D eigenvalue weighted by atomic mass is 9.91. The van der Waals surface area contributed by atoms with Crippen molar-refractivity contribution in [1.29, 1.82) is 0 Å². The highest BCUT2D eigenvalue weighted by atomic mass is 19.4. The highest BCUT2D eigenvalue weighted by Crippen LogP contribution is 2.51. The highest BCUT2D eigenvalue weighted by molar-refractivity contribution is 5.31. The van der Waals surface area contributed by atoms with Gasteiger partial charge in [-0.3, -0.25) is 0 Å². The second kappa shape index (κ2) is 4.70. The zero-order valence-electron chi connectivity index (χ0n) is 10.1. The fraction of sp³-hybridized carbons (Fsp3) is 0.500. The summed E-state index contributed by atoms with van der Waals surface area (Å²) in [6.07, 6.45) is -11.5. The topological polar surface area (TPSA) is 20.2 Å². The molecule has 108 valence electrons. The van der Waals surface area contributed by atoms with Crippen LogP contribution in [-0.2, 0) is 5.67 Å². The second-order valence-corrected chi connectivity index (χ2v) is 4.47. The number of hydrogen-bond acceptors (Lipinski definition) is 1. The van der Waals surface area contributed by atoms with Gasteiger partial charge in [-0.1, -0.05) is 38.1 Å². The summed E-state index contributed by atoms with van der Waals surface area (Å²) in [5, 5.41) is 8.28. The van der Waals surface area contributed by atoms with Crippen LogP contribution >= 0.6 is 0 Å². The van der Waals surface area contributed by atoms with E-state index in [1.807, 2.05) is 0 Å². The van der Waals surface area contributed by atoms with Gasteiger partial charge in [0.1, 0.15) is 0 Å². The largest absolute Gasteiger partial charge is 0.435 e. The summed E-state index contributed by atoms with van der Waals surface area (Å²) in [4.78, 5) is 0. The molecular weight excluding hydrogens is 274 g/mol. The molecule has 1 atom stereocenters. The van der Waals surface area contributed by atoms with Gasteiger partial charge in [0, 0.05) is 5.56 Å². The molecule has 0 amide bonds. The third-order valence-electron chi connectivity index (χ3n) is 2.78. The Hall–Kier alpha value is -1.24. The van der Waals surface area contributed by atoms with Crippen LogP contribution in [0.25, 0.3) is 0 Å². The molecule has 0 radical (unpaired) electrons. The van der Waals surface area contributed by atoms with Crippen LogP contribution < -0.4 is 0 Å². The van der Waals surface area contributed by atoms with Crippen LogP contribution in [0.1, 0.15) is 30.9 Å². The van der Waals surface area contributed by atoms with Crippen molar-refractivity contribution in [2.75, 3.05) is 0 Å². The van der Waals surface area contributed by atoms with Crippen molar-refractivity contribution < 1.29 is 31.4 Å². The molecule has 1 aromatic carbocycles. The lowest BCUT2D eigenvalue weighted by Gasteiger charge is -2.31. The van der Waals surface area contributed by atoms with Crippen LogP contribution in [0.5, 0.6) is 0 Å². The van der Waals surface area contributed by atoms with Crippen LogP contribution in [0.4, 0.5) is 26.3 Å². The molecule has 0 aliphatic carbocycles. The molecular formula is C12H12F6O. The fourth-order valence-corrected chi connectivity index (χ4v) is 1.61. The van der Waals surface area contributed by atoms with E-state index < -0.39 is 23.5 Å². The molecule has 0 aromatic heterocycles. The van der Waals surface area contributed by atoms with Crippen molar-refractivity contribution in [3.63, 3.8) is 0 Å². The molecule has 0 bridgehead atoms. The van der Waals surface area contributed by atoms with E-state index in [1.165, 1.54) is 0 Å². The second-order valence-electron chi connectivity index (χ2n) is 4.47. The molecule has 19 heavy (non-hydrogen) atoms. The van der Waals surface area contributed by atoms with Crippen LogP contribution in [0.15, 0.2) is 24.3 Å². The molecule has 1 nitrogen and oxygen atoms in total. The summed E-state index contributed by atoms with van der Waals surface area (Å²) in [6, 6.07) is 3.44. The van der Waals surface area contributed by atoms with Crippen LogP contribution in [-0.4, -0.2) is 17.4 Å². The standard InChI is InChI=1S/C12H12F6O/c1-7(2)8-3-5-9(6-4-8)10(13,11(14,15)16)12(17,18)19/h3-7,19H,1-2H3. The van der Waals surface area contributed by atoms with E-state index in [-0.39, 0.29) is 5.92 Å². The smallest absolute Gasteiger partial charge is 0.333 e. The van der Waals surface area contributed by atoms with Crippen molar-refractivity contribution in [3.05, 3.63) is 35.4 Å². The Balaban J connectivity index is 3.36. The van der Waals surface area contributed by atoms with Gasteiger partial charge in [-0.15, -0.1) is 0 Å². The van der Waals surface area contributed by atoms with E-state index in [0.717, 1.165) is 12.1 Å². The number of alkyl halides is 6. The van der Waals surface area contributed by atoms with Crippen LogP contribution in [0.3, 0.4) is 0 Å². The molecule has 1 rings (SSSR count). The average molecular weight is 286 g/mol. The molecule has 0 fully saturated rings. The number of halogens is 6. The number of hydrogen-bond donors (Lipinski definition) is 1. The monoisotopic (exact) mass is 286 g/mol. The van der Waals surface area contributed by atoms with Gasteiger partial charge in [0.2, 0.25) is 0 Å². The molecule has 1 N–H and O–H groups in total. The maximum absolute atomic E-state index is 13.7. The molecule has 0 spiro atoms. The van der Waals surface area contributed by atoms with Gasteiger partial charge in [-0.2, -0.15) is 22.0 Å². The number of rotatable bonds is 3. The van der Waals surface area contributed by atoms with E-state index in [0.29, 0.717) is 17.7 Å². The van der Waals surface area contributed by atoms with Crippen molar-refractivity contribution in [2.24, 2.45) is 0 Å². The van der Waals surface area contributed by atoms with Crippen molar-refractivity contribution in [2.45, 2.75) is 37.7 Å². The van der Waals surface area contributed by atoms with Crippen molar-refractivity contribution in [3.8, 4) is 0 Å². The maximum atomic E-state index is 13.7. The van der Waals surface area contributed by atoms with Crippen molar-refractivity contribution in [1.82, 2.24) is 0 Å². The Morgan fingerprint density at radius 3 is 1.58 bits per heavy atom. The zero-order chi connectivity index (χ0) is 15.1. The predicted octanol–water partition coefficient (Wildman–Crippen LogP) is 4.12. The summed E-state index contributed by atoms with van der Waals surface area (Å²) < 4.78 is 76.7. The molecule has 0 saturated heterocycles. The van der Waals surface area contributed by atoms with Gasteiger partial charge in [0.05, 0.1) is 0 Å². The van der Waals surface area contributed by atoms with Crippen LogP contribution in [0.2, 0.25) is 0 Å². The number of aliphatic hydroxyl groups is 1. The Bertz CT molecular complexity index is 415. The van der Waals surface area contributed by atoms with Gasteiger partial charge in [0.15, 0.2) is 0 Å². The summed E-state index contributed by atoms with van der Waals surface area (Å²) in [6.45, 7) is 3.48. The molecule has 1 unspecified atom stereocenters. The first-order valence-electron chi connectivity index (χ1n) is 5.37. The highest BCUT2D eigenvalue weighted by Gasteiger charge is 2.72. The lowest BCUT2D eigenvalue weighted by molar-refractivity contribution is -0.375. The van der Waals surface area contributed by atoms with Gasteiger partial charge < -0.3 is 5.11 Å². The van der Waals surface area contributed by atoms with Gasteiger partial charge in [-0.05, 0) is 11.5 Å². The molecule has 1 aromatic rings. The van der Waals surface area contributed by atoms with Crippen LogP contribution in [0, 0.1) is 0 Å². The van der Waals surface area contributed by atoms with Crippen molar-refractivity contribution >= 4 is 0 Å². The molecule has 0 saturated carbocycles. The van der Waals surface area contributed by atoms with E-state index >= 15 is 0 Å². The van der Waals surface area contributed by atoms with E-state index in [1.54, 1.807) is 13.8 Å². The minimum atomic E-state index is -5.94. The first kappa shape index (κ1) is 15.8. The maximum Gasteiger partial charge on any atom is 0.435 e. The minimum Gasteiger partial charge on any atom is -0.333 e.